The van der Waals surface area contributed by atoms with Gasteiger partial charge in [0.25, 0.3) is 17.7 Å². The molecule has 0 saturated carbocycles. The second-order valence-electron chi connectivity index (χ2n) is 7.77. The highest BCUT2D eigenvalue weighted by molar-refractivity contribution is 6.30. The molecule has 2 atom stereocenters. The fourth-order valence-corrected chi connectivity index (χ4v) is 3.91. The number of amides is 3. The Balaban J connectivity index is 1.41. The predicted molar refractivity (Wildman–Crippen MR) is 125 cm³/mol. The minimum Gasteiger partial charge on any atom is -0.454 e. The first kappa shape index (κ1) is 23.2. The monoisotopic (exact) mass is 476 g/mol. The van der Waals surface area contributed by atoms with Crippen LogP contribution in [0.2, 0.25) is 5.02 Å². The van der Waals surface area contributed by atoms with Crippen molar-refractivity contribution in [2.45, 2.75) is 19.0 Å². The van der Waals surface area contributed by atoms with Gasteiger partial charge < -0.3 is 10.1 Å². The van der Waals surface area contributed by atoms with E-state index >= 15 is 0 Å². The standard InChI is InChI=1S/C26H21ClN2O5/c1-16(29-24(31)20-9-5-6-10-21(20)25(29)32)26(33)34-15-22(30)28-23(17-7-3-2-4-8-17)18-11-13-19(27)14-12-18/h2-14,16,23H,15H2,1H3,(H,28,30). The summed E-state index contributed by atoms with van der Waals surface area (Å²) in [5.74, 6) is -2.53. The molecule has 0 aromatic heterocycles. The quantitative estimate of drug-likeness (QED) is 0.414. The summed E-state index contributed by atoms with van der Waals surface area (Å²) in [5, 5.41) is 3.43. The van der Waals surface area contributed by atoms with Crippen molar-refractivity contribution in [1.29, 1.82) is 0 Å². The summed E-state index contributed by atoms with van der Waals surface area (Å²) in [6.07, 6.45) is 0. The van der Waals surface area contributed by atoms with E-state index in [1.807, 2.05) is 30.3 Å². The Labute approximate surface area is 201 Å². The van der Waals surface area contributed by atoms with Crippen LogP contribution >= 0.6 is 11.6 Å². The Bertz CT molecular complexity index is 1210. The molecule has 1 N–H and O–H groups in total. The molecule has 7 nitrogen and oxygen atoms in total. The number of hydrogen-bond acceptors (Lipinski definition) is 5. The summed E-state index contributed by atoms with van der Waals surface area (Å²) < 4.78 is 5.15. The predicted octanol–water partition coefficient (Wildman–Crippen LogP) is 3.77. The van der Waals surface area contributed by atoms with E-state index in [1.54, 1.807) is 36.4 Å². The molecule has 0 aliphatic carbocycles. The van der Waals surface area contributed by atoms with Gasteiger partial charge in [0, 0.05) is 5.02 Å². The van der Waals surface area contributed by atoms with E-state index in [1.165, 1.54) is 19.1 Å². The van der Waals surface area contributed by atoms with Crippen LogP contribution in [-0.2, 0) is 14.3 Å². The lowest BCUT2D eigenvalue weighted by Gasteiger charge is -2.22. The molecule has 0 spiro atoms. The summed E-state index contributed by atoms with van der Waals surface area (Å²) in [4.78, 5) is 51.3. The van der Waals surface area contributed by atoms with Gasteiger partial charge in [0.2, 0.25) is 0 Å². The molecule has 1 heterocycles. The number of nitrogens with one attached hydrogen (secondary N) is 1. The molecular formula is C26H21ClN2O5. The van der Waals surface area contributed by atoms with Crippen LogP contribution in [0.15, 0.2) is 78.9 Å². The van der Waals surface area contributed by atoms with Crippen molar-refractivity contribution in [3.8, 4) is 0 Å². The zero-order chi connectivity index (χ0) is 24.2. The number of hydrogen-bond donors (Lipinski definition) is 1. The molecule has 172 valence electrons. The molecule has 3 aromatic carbocycles. The number of esters is 1. The van der Waals surface area contributed by atoms with E-state index in [4.69, 9.17) is 16.3 Å². The largest absolute Gasteiger partial charge is 0.454 e. The highest BCUT2D eigenvalue weighted by Crippen LogP contribution is 2.25. The zero-order valence-electron chi connectivity index (χ0n) is 18.2. The van der Waals surface area contributed by atoms with Crippen molar-refractivity contribution in [1.82, 2.24) is 10.2 Å². The van der Waals surface area contributed by atoms with E-state index < -0.39 is 42.4 Å². The van der Waals surface area contributed by atoms with Gasteiger partial charge in [0.1, 0.15) is 6.04 Å². The van der Waals surface area contributed by atoms with Gasteiger partial charge in [-0.05, 0) is 42.3 Å². The Morgan fingerprint density at radius 3 is 1.97 bits per heavy atom. The van der Waals surface area contributed by atoms with Gasteiger partial charge in [-0.3, -0.25) is 19.3 Å². The summed E-state index contributed by atoms with van der Waals surface area (Å²) in [6.45, 7) is 0.825. The molecule has 2 unspecified atom stereocenters. The van der Waals surface area contributed by atoms with Crippen molar-refractivity contribution in [2.24, 2.45) is 0 Å². The van der Waals surface area contributed by atoms with Gasteiger partial charge in [-0.25, -0.2) is 4.79 Å². The van der Waals surface area contributed by atoms with Gasteiger partial charge >= 0.3 is 5.97 Å². The van der Waals surface area contributed by atoms with Crippen LogP contribution in [0.5, 0.6) is 0 Å². The number of halogens is 1. The molecule has 3 amide bonds. The normalized spacial score (nSPS) is 14.4. The second-order valence-corrected chi connectivity index (χ2v) is 8.21. The Kier molecular flexibility index (Phi) is 6.75. The lowest BCUT2D eigenvalue weighted by molar-refractivity contribution is -0.152. The van der Waals surface area contributed by atoms with Crippen molar-refractivity contribution >= 4 is 35.3 Å². The molecule has 0 saturated heterocycles. The Morgan fingerprint density at radius 2 is 1.38 bits per heavy atom. The van der Waals surface area contributed by atoms with Crippen LogP contribution in [0.4, 0.5) is 0 Å². The van der Waals surface area contributed by atoms with Crippen LogP contribution in [0.1, 0.15) is 44.8 Å². The van der Waals surface area contributed by atoms with E-state index in [2.05, 4.69) is 5.32 Å². The number of fused-ring (bicyclic) bond motifs is 1. The lowest BCUT2D eigenvalue weighted by Crippen LogP contribution is -2.44. The van der Waals surface area contributed by atoms with Gasteiger partial charge in [-0.2, -0.15) is 0 Å². The molecule has 1 aliphatic rings. The average Bonchev–Trinajstić information content (AvgIpc) is 3.11. The summed E-state index contributed by atoms with van der Waals surface area (Å²) in [7, 11) is 0. The highest BCUT2D eigenvalue weighted by atomic mass is 35.5. The molecule has 8 heteroatoms. The number of imide groups is 1. The molecule has 1 aliphatic heterocycles. The maximum Gasteiger partial charge on any atom is 0.329 e. The summed E-state index contributed by atoms with van der Waals surface area (Å²) >= 11 is 5.99. The maximum atomic E-state index is 12.7. The first-order chi connectivity index (χ1) is 16.4. The van der Waals surface area contributed by atoms with Crippen molar-refractivity contribution in [3.63, 3.8) is 0 Å². The van der Waals surface area contributed by atoms with E-state index in [-0.39, 0.29) is 11.1 Å². The molecule has 3 aromatic rings. The van der Waals surface area contributed by atoms with Crippen LogP contribution < -0.4 is 5.32 Å². The maximum absolute atomic E-state index is 12.7. The van der Waals surface area contributed by atoms with Crippen molar-refractivity contribution in [2.75, 3.05) is 6.61 Å². The fourth-order valence-electron chi connectivity index (χ4n) is 3.78. The fraction of sp³-hybridized carbons (Fsp3) is 0.154. The molecule has 4 rings (SSSR count). The summed E-state index contributed by atoms with van der Waals surface area (Å²) in [6, 6.07) is 21.1. The number of rotatable bonds is 7. The van der Waals surface area contributed by atoms with Crippen molar-refractivity contribution < 1.29 is 23.9 Å². The number of nitrogens with zero attached hydrogens (tertiary/aromatic N) is 1. The lowest BCUT2D eigenvalue weighted by atomic mass is 9.99. The first-order valence-corrected chi connectivity index (χ1v) is 11.0. The number of carbonyl (C=O) groups excluding carboxylic acids is 4. The minimum atomic E-state index is -1.18. The van der Waals surface area contributed by atoms with Crippen LogP contribution in [0, 0.1) is 0 Å². The smallest absolute Gasteiger partial charge is 0.329 e. The third-order valence-corrected chi connectivity index (χ3v) is 5.79. The first-order valence-electron chi connectivity index (χ1n) is 10.6. The van der Waals surface area contributed by atoms with Gasteiger partial charge in [-0.15, -0.1) is 0 Å². The summed E-state index contributed by atoms with van der Waals surface area (Å²) in [5.41, 5.74) is 2.11. The average molecular weight is 477 g/mol. The Hall–Kier alpha value is -3.97. The van der Waals surface area contributed by atoms with Gasteiger partial charge in [0.05, 0.1) is 17.2 Å². The van der Waals surface area contributed by atoms with Crippen LogP contribution in [-0.4, -0.2) is 41.2 Å². The topological polar surface area (TPSA) is 92.8 Å². The van der Waals surface area contributed by atoms with Crippen LogP contribution in [0.25, 0.3) is 0 Å². The molecule has 0 fully saturated rings. The molecule has 0 radical (unpaired) electrons. The van der Waals surface area contributed by atoms with E-state index in [0.717, 1.165) is 16.0 Å². The van der Waals surface area contributed by atoms with Gasteiger partial charge in [-0.1, -0.05) is 66.2 Å². The van der Waals surface area contributed by atoms with Crippen LogP contribution in [0.3, 0.4) is 0 Å². The van der Waals surface area contributed by atoms with Gasteiger partial charge in [0.15, 0.2) is 6.61 Å². The Morgan fingerprint density at radius 1 is 0.853 bits per heavy atom. The third-order valence-electron chi connectivity index (χ3n) is 5.54. The number of benzene rings is 3. The second kappa shape index (κ2) is 9.89. The SMILES string of the molecule is CC(C(=O)OCC(=O)NC(c1ccccc1)c1ccc(Cl)cc1)N1C(=O)c2ccccc2C1=O. The van der Waals surface area contributed by atoms with E-state index in [9.17, 15) is 19.2 Å². The zero-order valence-corrected chi connectivity index (χ0v) is 19.0. The molecule has 0 bridgehead atoms. The number of ether oxygens (including phenoxy) is 1. The molecular weight excluding hydrogens is 456 g/mol. The minimum absolute atomic E-state index is 0.235. The number of carbonyl (C=O) groups is 4. The molecule has 34 heavy (non-hydrogen) atoms. The third kappa shape index (κ3) is 4.70. The van der Waals surface area contributed by atoms with Crippen molar-refractivity contribution in [3.05, 3.63) is 106 Å². The van der Waals surface area contributed by atoms with E-state index in [0.29, 0.717) is 5.02 Å². The highest BCUT2D eigenvalue weighted by Gasteiger charge is 2.41.